The summed E-state index contributed by atoms with van der Waals surface area (Å²) in [4.78, 5) is 27.4. The smallest absolute Gasteiger partial charge is 0.300 e. The van der Waals surface area contributed by atoms with E-state index < -0.39 is 17.7 Å². The second-order valence-electron chi connectivity index (χ2n) is 7.26. The molecule has 1 aliphatic heterocycles. The summed E-state index contributed by atoms with van der Waals surface area (Å²) < 4.78 is 16.3. The molecule has 32 heavy (non-hydrogen) atoms. The standard InChI is InChI=1S/C25H23NO6/c1-3-14-31-19-10-6-16(7-11-19)23(27)21-22(20-5-4-15-32-20)26(25(29)24(21)28)17-8-12-18(30-2)13-9-17/h4-13,15,22,27H,3,14H2,1-2H3/b23-21-. The summed E-state index contributed by atoms with van der Waals surface area (Å²) in [5, 5.41) is 11.1. The Labute approximate surface area is 185 Å². The number of benzene rings is 2. The number of ether oxygens (including phenoxy) is 2. The molecule has 2 aromatic carbocycles. The van der Waals surface area contributed by atoms with Crippen molar-refractivity contribution in [3.8, 4) is 11.5 Å². The van der Waals surface area contributed by atoms with Crippen molar-refractivity contribution < 1.29 is 28.6 Å². The van der Waals surface area contributed by atoms with Crippen LogP contribution in [0, 0.1) is 0 Å². The van der Waals surface area contributed by atoms with Crippen LogP contribution in [0.3, 0.4) is 0 Å². The molecule has 0 bridgehead atoms. The van der Waals surface area contributed by atoms with Crippen molar-refractivity contribution in [3.05, 3.63) is 83.8 Å². The van der Waals surface area contributed by atoms with Gasteiger partial charge in [-0.05, 0) is 67.1 Å². The number of rotatable bonds is 7. The number of carbonyl (C=O) groups excluding carboxylic acids is 2. The van der Waals surface area contributed by atoms with Gasteiger partial charge in [0, 0.05) is 11.3 Å². The van der Waals surface area contributed by atoms with Crippen molar-refractivity contribution in [2.75, 3.05) is 18.6 Å². The highest BCUT2D eigenvalue weighted by molar-refractivity contribution is 6.51. The molecule has 1 fully saturated rings. The van der Waals surface area contributed by atoms with E-state index in [4.69, 9.17) is 13.9 Å². The van der Waals surface area contributed by atoms with Crippen molar-refractivity contribution in [2.45, 2.75) is 19.4 Å². The minimum atomic E-state index is -0.908. The fraction of sp³-hybridized carbons (Fsp3) is 0.200. The molecule has 1 aliphatic rings. The van der Waals surface area contributed by atoms with Crippen LogP contribution in [0.2, 0.25) is 0 Å². The van der Waals surface area contributed by atoms with E-state index >= 15 is 0 Å². The van der Waals surface area contributed by atoms with E-state index in [1.54, 1.807) is 67.8 Å². The number of hydrogen-bond acceptors (Lipinski definition) is 6. The van der Waals surface area contributed by atoms with Gasteiger partial charge in [-0.1, -0.05) is 6.92 Å². The first-order valence-corrected chi connectivity index (χ1v) is 10.3. The number of aliphatic hydroxyl groups excluding tert-OH is 1. The summed E-state index contributed by atoms with van der Waals surface area (Å²) in [6.07, 6.45) is 2.34. The van der Waals surface area contributed by atoms with E-state index in [2.05, 4.69) is 0 Å². The van der Waals surface area contributed by atoms with Crippen molar-refractivity contribution in [2.24, 2.45) is 0 Å². The predicted octanol–water partition coefficient (Wildman–Crippen LogP) is 4.70. The van der Waals surface area contributed by atoms with Crippen LogP contribution < -0.4 is 14.4 Å². The molecule has 4 rings (SSSR count). The predicted molar refractivity (Wildman–Crippen MR) is 119 cm³/mol. The van der Waals surface area contributed by atoms with Gasteiger partial charge in [0.05, 0.1) is 25.6 Å². The van der Waals surface area contributed by atoms with Crippen molar-refractivity contribution in [3.63, 3.8) is 0 Å². The third kappa shape index (κ3) is 3.85. The molecule has 1 amide bonds. The van der Waals surface area contributed by atoms with Crippen LogP contribution in [0.15, 0.2) is 76.9 Å². The van der Waals surface area contributed by atoms with Crippen LogP contribution in [0.4, 0.5) is 5.69 Å². The SMILES string of the molecule is CCCOc1ccc(/C(O)=C2/C(=O)C(=O)N(c3ccc(OC)cc3)C2c2ccco2)cc1. The van der Waals surface area contributed by atoms with Crippen molar-refractivity contribution in [1.29, 1.82) is 0 Å². The molecule has 1 aromatic heterocycles. The topological polar surface area (TPSA) is 89.2 Å². The van der Waals surface area contributed by atoms with Crippen LogP contribution >= 0.6 is 0 Å². The lowest BCUT2D eigenvalue weighted by atomic mass is 9.99. The Morgan fingerprint density at radius 1 is 1.03 bits per heavy atom. The van der Waals surface area contributed by atoms with Crippen LogP contribution in [0.25, 0.3) is 5.76 Å². The Hall–Kier alpha value is -4.00. The number of methoxy groups -OCH3 is 1. The van der Waals surface area contributed by atoms with Gasteiger partial charge in [0.25, 0.3) is 11.7 Å². The van der Waals surface area contributed by atoms with Gasteiger partial charge in [-0.25, -0.2) is 0 Å². The summed E-state index contributed by atoms with van der Waals surface area (Å²) >= 11 is 0. The highest BCUT2D eigenvalue weighted by Gasteiger charge is 2.48. The second-order valence-corrected chi connectivity index (χ2v) is 7.26. The normalized spacial score (nSPS) is 17.6. The first-order chi connectivity index (χ1) is 15.5. The Bertz CT molecular complexity index is 1130. The number of hydrogen-bond donors (Lipinski definition) is 1. The molecule has 1 saturated heterocycles. The first kappa shape index (κ1) is 21.2. The Kier molecular flexibility index (Phi) is 5.98. The molecule has 1 unspecified atom stereocenters. The van der Waals surface area contributed by atoms with E-state index in [0.717, 1.165) is 6.42 Å². The Morgan fingerprint density at radius 2 is 1.72 bits per heavy atom. The summed E-state index contributed by atoms with van der Waals surface area (Å²) in [6.45, 7) is 2.59. The number of amides is 1. The Balaban J connectivity index is 1.79. The maximum atomic E-state index is 13.0. The fourth-order valence-corrected chi connectivity index (χ4v) is 3.64. The molecule has 3 aromatic rings. The van der Waals surface area contributed by atoms with Gasteiger partial charge in [0.2, 0.25) is 0 Å². The van der Waals surface area contributed by atoms with Gasteiger partial charge in [0.15, 0.2) is 0 Å². The minimum absolute atomic E-state index is 0.0389. The molecule has 0 spiro atoms. The van der Waals surface area contributed by atoms with E-state index in [1.165, 1.54) is 11.2 Å². The lowest BCUT2D eigenvalue weighted by molar-refractivity contribution is -0.132. The third-order valence-electron chi connectivity index (χ3n) is 5.21. The van der Waals surface area contributed by atoms with Crippen molar-refractivity contribution >= 4 is 23.1 Å². The molecule has 0 aliphatic carbocycles. The second kappa shape index (κ2) is 9.01. The van der Waals surface area contributed by atoms with Gasteiger partial charge in [-0.3, -0.25) is 14.5 Å². The molecule has 7 nitrogen and oxygen atoms in total. The summed E-state index contributed by atoms with van der Waals surface area (Å²) in [6, 6.07) is 15.9. The molecule has 1 atom stereocenters. The van der Waals surface area contributed by atoms with Gasteiger partial charge in [-0.15, -0.1) is 0 Å². The van der Waals surface area contributed by atoms with Gasteiger partial charge < -0.3 is 19.0 Å². The van der Waals surface area contributed by atoms with Gasteiger partial charge >= 0.3 is 0 Å². The van der Waals surface area contributed by atoms with Crippen molar-refractivity contribution in [1.82, 2.24) is 0 Å². The quantitative estimate of drug-likeness (QED) is 0.330. The van der Waals surface area contributed by atoms with Crippen LogP contribution in [0.5, 0.6) is 11.5 Å². The number of aliphatic hydroxyl groups is 1. The number of carbonyl (C=O) groups is 2. The van der Waals surface area contributed by atoms with E-state index in [-0.39, 0.29) is 11.3 Å². The lowest BCUT2D eigenvalue weighted by Crippen LogP contribution is -2.29. The number of anilines is 1. The number of Topliss-reactive ketones (excluding diaryl/α,β-unsaturated/α-hetero) is 1. The van der Waals surface area contributed by atoms with E-state index in [0.29, 0.717) is 35.1 Å². The maximum absolute atomic E-state index is 13.0. The molecule has 164 valence electrons. The highest BCUT2D eigenvalue weighted by atomic mass is 16.5. The molecular weight excluding hydrogens is 410 g/mol. The van der Waals surface area contributed by atoms with Crippen LogP contribution in [0.1, 0.15) is 30.7 Å². The summed E-state index contributed by atoms with van der Waals surface area (Å²) in [7, 11) is 1.54. The zero-order valence-electron chi connectivity index (χ0n) is 17.8. The highest BCUT2D eigenvalue weighted by Crippen LogP contribution is 2.42. The maximum Gasteiger partial charge on any atom is 0.300 e. The van der Waals surface area contributed by atoms with E-state index in [1.807, 2.05) is 6.92 Å². The van der Waals surface area contributed by atoms with E-state index in [9.17, 15) is 14.7 Å². The largest absolute Gasteiger partial charge is 0.507 e. The zero-order chi connectivity index (χ0) is 22.7. The number of nitrogens with zero attached hydrogens (tertiary/aromatic N) is 1. The molecule has 2 heterocycles. The molecule has 1 N–H and O–H groups in total. The molecular formula is C25H23NO6. The van der Waals surface area contributed by atoms with Gasteiger partial charge in [-0.2, -0.15) is 0 Å². The molecule has 0 saturated carbocycles. The number of furan rings is 1. The third-order valence-corrected chi connectivity index (χ3v) is 5.21. The monoisotopic (exact) mass is 433 g/mol. The minimum Gasteiger partial charge on any atom is -0.507 e. The van der Waals surface area contributed by atoms with Crippen LogP contribution in [-0.2, 0) is 9.59 Å². The first-order valence-electron chi connectivity index (χ1n) is 10.3. The molecule has 0 radical (unpaired) electrons. The number of ketones is 1. The molecule has 7 heteroatoms. The zero-order valence-corrected chi connectivity index (χ0v) is 17.8. The lowest BCUT2D eigenvalue weighted by Gasteiger charge is -2.23. The average molecular weight is 433 g/mol. The Morgan fingerprint density at radius 3 is 2.31 bits per heavy atom. The summed E-state index contributed by atoms with van der Waals surface area (Å²) in [5.74, 6) is -0.172. The fourth-order valence-electron chi connectivity index (χ4n) is 3.64. The van der Waals surface area contributed by atoms with Crippen LogP contribution in [-0.4, -0.2) is 30.5 Å². The average Bonchev–Trinajstić information content (AvgIpc) is 3.45. The van der Waals surface area contributed by atoms with Gasteiger partial charge in [0.1, 0.15) is 29.1 Å². The summed E-state index contributed by atoms with van der Waals surface area (Å²) in [5.41, 5.74) is 0.845.